The molecule has 0 fully saturated rings. The fourth-order valence-electron chi connectivity index (χ4n) is 2.38. The van der Waals surface area contributed by atoms with Crippen molar-refractivity contribution in [2.24, 2.45) is 5.11 Å². The Bertz CT molecular complexity index is 836. The highest BCUT2D eigenvalue weighted by molar-refractivity contribution is 5.86. The van der Waals surface area contributed by atoms with Gasteiger partial charge in [-0.25, -0.2) is 0 Å². The van der Waals surface area contributed by atoms with Crippen LogP contribution in [-0.4, -0.2) is 5.97 Å². The van der Waals surface area contributed by atoms with Gasteiger partial charge in [-0.3, -0.25) is 0 Å². The summed E-state index contributed by atoms with van der Waals surface area (Å²) < 4.78 is 0. The first kappa shape index (κ1) is 19.7. The van der Waals surface area contributed by atoms with Crippen molar-refractivity contribution in [2.75, 3.05) is 0 Å². The van der Waals surface area contributed by atoms with E-state index in [-0.39, 0.29) is 11.3 Å². The summed E-state index contributed by atoms with van der Waals surface area (Å²) in [6.45, 7) is 2.10. The lowest BCUT2D eigenvalue weighted by Gasteiger charge is -2.01. The van der Waals surface area contributed by atoms with Crippen LogP contribution in [0.2, 0.25) is 0 Å². The molecule has 27 heavy (non-hydrogen) atoms. The van der Waals surface area contributed by atoms with Gasteiger partial charge in [0.25, 0.3) is 0 Å². The van der Waals surface area contributed by atoms with E-state index in [4.69, 9.17) is 5.53 Å². The average molecular weight is 360 g/mol. The normalized spacial score (nSPS) is 9.48. The number of carboxylic acid groups (broad SMARTS) is 1. The Balaban J connectivity index is 0.000000199. The van der Waals surface area contributed by atoms with Crippen molar-refractivity contribution >= 4 is 11.7 Å². The molecule has 3 rings (SSSR count). The number of nitrogens with two attached hydrogens (primary N) is 1. The van der Waals surface area contributed by atoms with Crippen LogP contribution in [0.4, 0.5) is 5.69 Å². The maximum Gasteiger partial charge on any atom is 0.101 e. The fraction of sp³-hybridized carbons (Fsp3) is 0.0952. The minimum absolute atomic E-state index is 0.0000926. The molecule has 0 saturated heterocycles. The Labute approximate surface area is 157 Å². The molecule has 136 valence electrons. The Kier molecular flexibility index (Phi) is 8.11. The number of benzene rings is 3. The Hall–Kier alpha value is -3.60. The second kappa shape index (κ2) is 11.1. The monoisotopic (exact) mass is 360 g/mol. The lowest BCUT2D eigenvalue weighted by molar-refractivity contribution is -0.686. The molecule has 0 heterocycles. The number of quaternary nitrogens is 1. The molecule has 0 spiro atoms. The molecule has 0 amide bonds. The van der Waals surface area contributed by atoms with E-state index in [1.165, 1.54) is 35.4 Å². The molecule has 0 saturated carbocycles. The summed E-state index contributed by atoms with van der Waals surface area (Å²) in [6.07, 6.45) is 0. The van der Waals surface area contributed by atoms with Gasteiger partial charge in [0.2, 0.25) is 0 Å². The maximum absolute atomic E-state index is 10.3. The largest absolute Gasteiger partial charge is 0.545 e. The Morgan fingerprint density at radius 2 is 1.44 bits per heavy atom. The first-order valence-corrected chi connectivity index (χ1v) is 8.45. The van der Waals surface area contributed by atoms with Gasteiger partial charge in [0, 0.05) is 21.7 Å². The highest BCUT2D eigenvalue weighted by Gasteiger charge is 1.95. The third-order valence-electron chi connectivity index (χ3n) is 3.69. The number of hydrogen-bond donors (Lipinski definition) is 1. The van der Waals surface area contributed by atoms with E-state index in [0.29, 0.717) is 0 Å². The van der Waals surface area contributed by atoms with Crippen LogP contribution in [0.3, 0.4) is 0 Å². The van der Waals surface area contributed by atoms with Gasteiger partial charge < -0.3 is 15.2 Å². The van der Waals surface area contributed by atoms with E-state index in [1.807, 2.05) is 0 Å². The number of azide groups is 1. The van der Waals surface area contributed by atoms with Gasteiger partial charge in [0.05, 0.1) is 5.97 Å². The van der Waals surface area contributed by atoms with Crippen LogP contribution in [0.25, 0.3) is 10.4 Å². The fourth-order valence-corrected chi connectivity index (χ4v) is 2.38. The molecule has 0 bridgehead atoms. The molecule has 6 heteroatoms. The van der Waals surface area contributed by atoms with Gasteiger partial charge >= 0.3 is 0 Å². The molecule has 0 aliphatic heterocycles. The number of nitrogens with zero attached hydrogens (tertiary/aromatic N) is 3. The second-order valence-electron chi connectivity index (χ2n) is 5.70. The summed E-state index contributed by atoms with van der Waals surface area (Å²) in [5.41, 5.74) is 11.1. The number of carboxylic acids is 1. The first-order chi connectivity index (χ1) is 13.2. The van der Waals surface area contributed by atoms with Crippen molar-refractivity contribution < 1.29 is 15.2 Å². The molecule has 0 aliphatic rings. The summed E-state index contributed by atoms with van der Waals surface area (Å²) in [7, 11) is 0. The summed E-state index contributed by atoms with van der Waals surface area (Å²) >= 11 is 0. The smallest absolute Gasteiger partial charge is 0.101 e. The van der Waals surface area contributed by atoms with Gasteiger partial charge in [0.15, 0.2) is 0 Å². The lowest BCUT2D eigenvalue weighted by atomic mass is 10.2. The molecule has 0 unspecified atom stereocenters. The van der Waals surface area contributed by atoms with Crippen molar-refractivity contribution in [3.63, 3.8) is 0 Å². The van der Waals surface area contributed by atoms with Crippen LogP contribution in [0.1, 0.15) is 21.5 Å². The van der Waals surface area contributed by atoms with E-state index >= 15 is 0 Å². The van der Waals surface area contributed by atoms with E-state index in [0.717, 1.165) is 13.1 Å². The highest BCUT2D eigenvalue weighted by Crippen LogP contribution is 2.13. The second-order valence-corrected chi connectivity index (χ2v) is 5.70. The minimum atomic E-state index is -1.29. The van der Waals surface area contributed by atoms with Crippen LogP contribution >= 0.6 is 0 Å². The van der Waals surface area contributed by atoms with Crippen LogP contribution < -0.4 is 10.4 Å². The predicted octanol–water partition coefficient (Wildman–Crippen LogP) is 2.94. The van der Waals surface area contributed by atoms with E-state index in [2.05, 4.69) is 76.0 Å². The van der Waals surface area contributed by atoms with Gasteiger partial charge in [-0.15, -0.1) is 0 Å². The van der Waals surface area contributed by atoms with Gasteiger partial charge in [0.1, 0.15) is 13.1 Å². The van der Waals surface area contributed by atoms with Crippen LogP contribution in [0.15, 0.2) is 90.0 Å². The number of carbonyl (C=O) groups is 1. The van der Waals surface area contributed by atoms with Crippen molar-refractivity contribution in [3.8, 4) is 0 Å². The number of aromatic carboxylic acids is 1. The summed E-state index contributed by atoms with van der Waals surface area (Å²) in [5, 5.41) is 15.9. The SMILES string of the molecule is [N-]=[N+]=Nc1cccc(C(=O)[O-])c1.c1ccc(C[NH2+]Cc2ccccc2)cc1. The van der Waals surface area contributed by atoms with Crippen LogP contribution in [0.5, 0.6) is 0 Å². The summed E-state index contributed by atoms with van der Waals surface area (Å²) in [4.78, 5) is 12.8. The van der Waals surface area contributed by atoms with E-state index in [9.17, 15) is 9.90 Å². The average Bonchev–Trinajstić information content (AvgIpc) is 2.71. The number of hydrogen-bond acceptors (Lipinski definition) is 3. The molecule has 6 nitrogen and oxygen atoms in total. The molecule has 0 aromatic heterocycles. The van der Waals surface area contributed by atoms with Crippen molar-refractivity contribution in [3.05, 3.63) is 112 Å². The Morgan fingerprint density at radius 3 is 1.93 bits per heavy atom. The third-order valence-corrected chi connectivity index (χ3v) is 3.69. The molecular formula is C21H20N4O2. The van der Waals surface area contributed by atoms with Crippen LogP contribution in [-0.2, 0) is 13.1 Å². The predicted molar refractivity (Wildman–Crippen MR) is 102 cm³/mol. The number of rotatable bonds is 6. The minimum Gasteiger partial charge on any atom is -0.545 e. The molecule has 0 aliphatic carbocycles. The molecule has 0 radical (unpaired) electrons. The van der Waals surface area contributed by atoms with Gasteiger partial charge in [-0.05, 0) is 17.2 Å². The summed E-state index contributed by atoms with van der Waals surface area (Å²) in [6, 6.07) is 26.7. The van der Waals surface area contributed by atoms with Crippen molar-refractivity contribution in [2.45, 2.75) is 13.1 Å². The zero-order valence-corrected chi connectivity index (χ0v) is 14.7. The molecule has 2 N–H and O–H groups in total. The van der Waals surface area contributed by atoms with Gasteiger partial charge in [-0.1, -0.05) is 84.0 Å². The summed E-state index contributed by atoms with van der Waals surface area (Å²) in [5.74, 6) is -1.29. The zero-order valence-electron chi connectivity index (χ0n) is 14.7. The zero-order chi connectivity index (χ0) is 19.3. The van der Waals surface area contributed by atoms with Crippen LogP contribution in [0, 0.1) is 0 Å². The third kappa shape index (κ3) is 7.44. The number of carbonyl (C=O) groups excluding carboxylic acids is 1. The van der Waals surface area contributed by atoms with E-state index in [1.54, 1.807) is 0 Å². The molecule has 0 atom stereocenters. The first-order valence-electron chi connectivity index (χ1n) is 8.45. The Morgan fingerprint density at radius 1 is 0.889 bits per heavy atom. The van der Waals surface area contributed by atoms with E-state index < -0.39 is 5.97 Å². The van der Waals surface area contributed by atoms with Crippen molar-refractivity contribution in [1.29, 1.82) is 0 Å². The lowest BCUT2D eigenvalue weighted by Crippen LogP contribution is -2.80. The molecule has 3 aromatic carbocycles. The highest BCUT2D eigenvalue weighted by atomic mass is 16.4. The molecule has 3 aromatic rings. The topological polar surface area (TPSA) is 106 Å². The maximum atomic E-state index is 10.3. The quantitative estimate of drug-likeness (QED) is 0.415. The standard InChI is InChI=1S/C14H15N.C7H5N3O2/c1-3-7-13(8-4-1)11-15-12-14-9-5-2-6-10-14;8-10-9-6-3-1-2-5(4-6)7(11)12/h1-10,15H,11-12H2;1-4H,(H,11,12). The molecular weight excluding hydrogens is 340 g/mol. The van der Waals surface area contributed by atoms with Gasteiger partial charge in [-0.2, -0.15) is 0 Å². The van der Waals surface area contributed by atoms with Crippen molar-refractivity contribution in [1.82, 2.24) is 0 Å².